The Morgan fingerprint density at radius 1 is 0.972 bits per heavy atom. The highest BCUT2D eigenvalue weighted by atomic mass is 16.8. The average molecular weight is 503 g/mol. The second-order valence-corrected chi connectivity index (χ2v) is 12.7. The van der Waals surface area contributed by atoms with Gasteiger partial charge >= 0.3 is 0 Å². The van der Waals surface area contributed by atoms with Crippen LogP contribution in [0.3, 0.4) is 0 Å². The fourth-order valence-corrected chi connectivity index (χ4v) is 8.85. The van der Waals surface area contributed by atoms with Crippen LogP contribution < -0.4 is 4.74 Å². The molecule has 0 unspecified atom stereocenters. The SMILES string of the molecule is COc1ccc([C@@H]2O[C@@H]3[C@H]4CC[C@](O)(C4(C)C)[C@@]4(OC)O[C@H]4[C@@H]4[C@@]5(CC[C@H](O)[C@@]4(C)[C@H]3O2)CO5)cc1. The van der Waals surface area contributed by atoms with Gasteiger partial charge in [-0.3, -0.25) is 0 Å². The summed E-state index contributed by atoms with van der Waals surface area (Å²) in [5, 5.41) is 24.1. The average Bonchev–Trinajstić information content (AvgIpc) is 3.74. The molecule has 8 nitrogen and oxygen atoms in total. The molecule has 2 N–H and O–H groups in total. The lowest BCUT2D eigenvalue weighted by molar-refractivity contribution is -0.214. The van der Waals surface area contributed by atoms with E-state index in [0.717, 1.165) is 24.2 Å². The first-order valence-corrected chi connectivity index (χ1v) is 13.3. The fourth-order valence-electron chi connectivity index (χ4n) is 8.85. The van der Waals surface area contributed by atoms with Crippen molar-refractivity contribution in [2.45, 2.75) is 94.1 Å². The van der Waals surface area contributed by atoms with Crippen molar-refractivity contribution in [3.05, 3.63) is 29.8 Å². The molecule has 3 heterocycles. The summed E-state index contributed by atoms with van der Waals surface area (Å²) < 4.78 is 37.7. The van der Waals surface area contributed by atoms with E-state index in [1.807, 2.05) is 24.3 Å². The number of ether oxygens (including phenoxy) is 6. The summed E-state index contributed by atoms with van der Waals surface area (Å²) >= 11 is 0. The molecule has 6 aliphatic rings. The van der Waals surface area contributed by atoms with Gasteiger partial charge in [-0.05, 0) is 43.7 Å². The Balaban J connectivity index is 1.38. The lowest BCUT2D eigenvalue weighted by Crippen LogP contribution is -2.62. The molecule has 36 heavy (non-hydrogen) atoms. The van der Waals surface area contributed by atoms with Crippen LogP contribution in [0.15, 0.2) is 24.3 Å². The number of aliphatic hydroxyl groups excluding tert-OH is 1. The standard InChI is InChI=1S/C28H38O8/c1-24(2)17-10-13-27(24,30)28(32-5)22(36-28)20-25(3,18(29)11-12-26(20)14-33-26)21-19(17)34-23(35-21)15-6-8-16(31-4)9-7-15/h6-9,17-23,29-30H,10-14H2,1-5H3/t17-,18+,19-,20+,21+,22+,23-,25-,26-,27+,28+/m1/s1. The van der Waals surface area contributed by atoms with E-state index >= 15 is 0 Å². The van der Waals surface area contributed by atoms with Crippen molar-refractivity contribution in [3.63, 3.8) is 0 Å². The maximum atomic E-state index is 12.4. The lowest BCUT2D eigenvalue weighted by Gasteiger charge is -2.52. The molecule has 3 saturated heterocycles. The quantitative estimate of drug-likeness (QED) is 0.609. The van der Waals surface area contributed by atoms with Crippen molar-refractivity contribution < 1.29 is 38.6 Å². The molecule has 6 fully saturated rings. The zero-order valence-electron chi connectivity index (χ0n) is 21.7. The van der Waals surface area contributed by atoms with Gasteiger partial charge in [0.1, 0.15) is 17.5 Å². The molecule has 1 aromatic carbocycles. The van der Waals surface area contributed by atoms with Crippen LogP contribution in [0.2, 0.25) is 0 Å². The third kappa shape index (κ3) is 2.64. The van der Waals surface area contributed by atoms with Crippen LogP contribution in [0.5, 0.6) is 5.75 Å². The third-order valence-electron chi connectivity index (χ3n) is 11.2. The maximum absolute atomic E-state index is 12.4. The topological polar surface area (TPSA) is 102 Å². The Bertz CT molecular complexity index is 1050. The Morgan fingerprint density at radius 3 is 2.33 bits per heavy atom. The minimum atomic E-state index is -1.21. The number of rotatable bonds is 3. The monoisotopic (exact) mass is 502 g/mol. The number of methoxy groups -OCH3 is 2. The van der Waals surface area contributed by atoms with Gasteiger partial charge in [-0.25, -0.2) is 0 Å². The molecular formula is C28H38O8. The van der Waals surface area contributed by atoms with Gasteiger partial charge in [-0.15, -0.1) is 0 Å². The minimum absolute atomic E-state index is 0.0200. The van der Waals surface area contributed by atoms with E-state index in [4.69, 9.17) is 28.4 Å². The van der Waals surface area contributed by atoms with E-state index < -0.39 is 52.4 Å². The van der Waals surface area contributed by atoms with E-state index in [-0.39, 0.29) is 17.9 Å². The molecule has 0 radical (unpaired) electrons. The summed E-state index contributed by atoms with van der Waals surface area (Å²) in [5.41, 5.74) is -2.01. The van der Waals surface area contributed by atoms with Gasteiger partial charge in [-0.1, -0.05) is 32.9 Å². The Kier molecular flexibility index (Phi) is 4.78. The summed E-state index contributed by atoms with van der Waals surface area (Å²) in [4.78, 5) is 0. The smallest absolute Gasteiger partial charge is 0.225 e. The number of epoxide rings is 2. The van der Waals surface area contributed by atoms with Crippen LogP contribution in [0, 0.1) is 22.7 Å². The second-order valence-electron chi connectivity index (χ2n) is 12.7. The normalized spacial score (nSPS) is 54.0. The second kappa shape index (κ2) is 7.23. The highest BCUT2D eigenvalue weighted by molar-refractivity contribution is 5.31. The Hall–Kier alpha value is -1.26. The summed E-state index contributed by atoms with van der Waals surface area (Å²) in [5.74, 6) is -0.598. The van der Waals surface area contributed by atoms with E-state index in [1.54, 1.807) is 14.2 Å². The van der Waals surface area contributed by atoms with Gasteiger partial charge in [0.2, 0.25) is 5.79 Å². The van der Waals surface area contributed by atoms with Crippen molar-refractivity contribution in [2.75, 3.05) is 20.8 Å². The van der Waals surface area contributed by atoms with E-state index in [0.29, 0.717) is 19.4 Å². The first kappa shape index (κ1) is 23.8. The van der Waals surface area contributed by atoms with Gasteiger partial charge in [0, 0.05) is 29.4 Å². The molecule has 1 aromatic rings. The maximum Gasteiger partial charge on any atom is 0.225 e. The van der Waals surface area contributed by atoms with Crippen LogP contribution >= 0.6 is 0 Å². The molecular weight excluding hydrogens is 464 g/mol. The van der Waals surface area contributed by atoms with Crippen LogP contribution in [-0.2, 0) is 23.7 Å². The lowest BCUT2D eigenvalue weighted by atomic mass is 9.55. The van der Waals surface area contributed by atoms with Crippen molar-refractivity contribution >= 4 is 0 Å². The zero-order chi connectivity index (χ0) is 25.3. The number of benzene rings is 1. The Labute approximate surface area is 212 Å². The molecule has 8 heteroatoms. The number of fused-ring (bicyclic) bond motifs is 10. The zero-order valence-corrected chi connectivity index (χ0v) is 21.7. The van der Waals surface area contributed by atoms with Crippen LogP contribution in [0.4, 0.5) is 0 Å². The molecule has 1 spiro atoms. The van der Waals surface area contributed by atoms with E-state index in [9.17, 15) is 10.2 Å². The highest BCUT2D eigenvalue weighted by Crippen LogP contribution is 2.73. The summed E-state index contributed by atoms with van der Waals surface area (Å²) in [7, 11) is 3.27. The van der Waals surface area contributed by atoms with Crippen molar-refractivity contribution in [2.24, 2.45) is 22.7 Å². The molecule has 0 amide bonds. The van der Waals surface area contributed by atoms with Crippen LogP contribution in [-0.4, -0.2) is 72.4 Å². The molecule has 0 aromatic heterocycles. The van der Waals surface area contributed by atoms with E-state index in [1.165, 1.54) is 0 Å². The highest BCUT2D eigenvalue weighted by Gasteiger charge is 2.86. The van der Waals surface area contributed by atoms with Gasteiger partial charge in [-0.2, -0.15) is 0 Å². The van der Waals surface area contributed by atoms with Gasteiger partial charge in [0.05, 0.1) is 37.6 Å². The third-order valence-corrected chi connectivity index (χ3v) is 11.2. The predicted molar refractivity (Wildman–Crippen MR) is 127 cm³/mol. The molecule has 198 valence electrons. The molecule has 3 aliphatic carbocycles. The minimum Gasteiger partial charge on any atom is -0.497 e. The fraction of sp³-hybridized carbons (Fsp3) is 0.786. The predicted octanol–water partition coefficient (Wildman–Crippen LogP) is 2.95. The summed E-state index contributed by atoms with van der Waals surface area (Å²) in [6, 6.07) is 7.74. The largest absolute Gasteiger partial charge is 0.497 e. The number of hydrogen-bond donors (Lipinski definition) is 2. The first-order chi connectivity index (χ1) is 17.1. The summed E-state index contributed by atoms with van der Waals surface area (Å²) in [6.45, 7) is 6.93. The van der Waals surface area contributed by atoms with Crippen molar-refractivity contribution in [1.82, 2.24) is 0 Å². The first-order valence-electron chi connectivity index (χ1n) is 13.3. The molecule has 11 atom stereocenters. The molecule has 7 rings (SSSR count). The Morgan fingerprint density at radius 2 is 1.69 bits per heavy atom. The molecule has 3 aliphatic heterocycles. The van der Waals surface area contributed by atoms with Crippen LogP contribution in [0.25, 0.3) is 0 Å². The number of hydrogen-bond acceptors (Lipinski definition) is 8. The molecule has 2 bridgehead atoms. The number of aliphatic hydroxyl groups is 2. The molecule has 3 saturated carbocycles. The van der Waals surface area contributed by atoms with Gasteiger partial charge in [0.25, 0.3) is 0 Å². The van der Waals surface area contributed by atoms with Crippen LogP contribution in [0.1, 0.15) is 58.3 Å². The summed E-state index contributed by atoms with van der Waals surface area (Å²) in [6.07, 6.45) is 0.337. The van der Waals surface area contributed by atoms with E-state index in [2.05, 4.69) is 20.8 Å². The van der Waals surface area contributed by atoms with Crippen molar-refractivity contribution in [1.29, 1.82) is 0 Å². The van der Waals surface area contributed by atoms with Gasteiger partial charge < -0.3 is 38.6 Å². The van der Waals surface area contributed by atoms with Gasteiger partial charge in [0.15, 0.2) is 6.29 Å². The van der Waals surface area contributed by atoms with Crippen molar-refractivity contribution in [3.8, 4) is 5.75 Å².